The molecule has 0 aliphatic rings. The van der Waals surface area contributed by atoms with E-state index in [1.807, 2.05) is 0 Å². The van der Waals surface area contributed by atoms with Gasteiger partial charge in [0.2, 0.25) is 5.88 Å². The van der Waals surface area contributed by atoms with Crippen molar-refractivity contribution in [2.45, 2.75) is 46.0 Å². The second kappa shape index (κ2) is 6.85. The quantitative estimate of drug-likeness (QED) is 0.924. The maximum absolute atomic E-state index is 12.1. The Bertz CT molecular complexity index is 525. The van der Waals surface area contributed by atoms with Gasteiger partial charge in [-0.25, -0.2) is 9.78 Å². The summed E-state index contributed by atoms with van der Waals surface area (Å²) in [7, 11) is 0. The van der Waals surface area contributed by atoms with Crippen LogP contribution in [-0.4, -0.2) is 29.5 Å². The number of rotatable bonds is 4. The van der Waals surface area contributed by atoms with Crippen molar-refractivity contribution in [2.75, 3.05) is 6.61 Å². The summed E-state index contributed by atoms with van der Waals surface area (Å²) in [5.74, 6) is -0.140. The molecule has 1 aromatic heterocycles. The Hall–Kier alpha value is -1.99. The molecule has 0 spiro atoms. The van der Waals surface area contributed by atoms with Crippen molar-refractivity contribution in [1.29, 1.82) is 0 Å². The summed E-state index contributed by atoms with van der Waals surface area (Å²) in [5, 5.41) is 2.52. The molecule has 124 valence electrons. The van der Waals surface area contributed by atoms with Gasteiger partial charge in [-0.3, -0.25) is 0 Å². The number of alkyl carbamates (subject to hydrolysis) is 1. The van der Waals surface area contributed by atoms with Crippen LogP contribution in [0.25, 0.3) is 0 Å². The molecule has 0 atom stereocenters. The third-order valence-corrected chi connectivity index (χ3v) is 2.21. The Balaban J connectivity index is 2.64. The fraction of sp³-hybridized carbons (Fsp3) is 0.571. The monoisotopic (exact) mass is 320 g/mol. The first-order valence-electron chi connectivity index (χ1n) is 6.58. The lowest BCUT2D eigenvalue weighted by atomic mass is 10.2. The molecule has 1 amide bonds. The van der Waals surface area contributed by atoms with E-state index in [0.717, 1.165) is 0 Å². The van der Waals surface area contributed by atoms with Gasteiger partial charge in [0, 0.05) is 18.3 Å². The molecule has 1 rings (SSSR count). The first kappa shape index (κ1) is 18.1. The molecule has 0 unspecified atom stereocenters. The van der Waals surface area contributed by atoms with Crippen LogP contribution in [0.4, 0.5) is 18.0 Å². The van der Waals surface area contributed by atoms with Crippen LogP contribution in [-0.2, 0) is 11.3 Å². The molecule has 0 radical (unpaired) electrons. The number of alkyl halides is 3. The molecule has 1 aromatic rings. The summed E-state index contributed by atoms with van der Waals surface area (Å²) in [6, 6.07) is 2.98. The molecule has 0 aliphatic carbocycles. The number of nitrogens with zero attached hydrogens (tertiary/aromatic N) is 1. The van der Waals surface area contributed by atoms with Crippen molar-refractivity contribution in [3.8, 4) is 5.88 Å². The molecular weight excluding hydrogens is 301 g/mol. The minimum atomic E-state index is -4.43. The lowest BCUT2D eigenvalue weighted by Crippen LogP contribution is -2.32. The van der Waals surface area contributed by atoms with Crippen molar-refractivity contribution >= 4 is 6.09 Å². The minimum absolute atomic E-state index is 0.0979. The van der Waals surface area contributed by atoms with Gasteiger partial charge in [-0.05, 0) is 39.3 Å². The standard InChI is InChI=1S/C14H19F3N2O3/c1-9-5-10(7-18-12(20)22-13(2,3)4)6-11(19-9)21-8-14(15,16)17/h5-6H,7-8H2,1-4H3,(H,18,20). The lowest BCUT2D eigenvalue weighted by Gasteiger charge is -2.19. The van der Waals surface area contributed by atoms with Gasteiger partial charge in [-0.2, -0.15) is 13.2 Å². The number of amides is 1. The number of pyridine rings is 1. The highest BCUT2D eigenvalue weighted by atomic mass is 19.4. The zero-order valence-electron chi connectivity index (χ0n) is 12.9. The van der Waals surface area contributed by atoms with Crippen molar-refractivity contribution in [3.63, 3.8) is 0 Å². The summed E-state index contributed by atoms with van der Waals surface area (Å²) in [6.07, 6.45) is -5.04. The predicted octanol–water partition coefficient (Wildman–Crippen LogP) is 3.36. The first-order chi connectivity index (χ1) is 9.94. The number of aromatic nitrogens is 1. The summed E-state index contributed by atoms with van der Waals surface area (Å²) < 4.78 is 46.0. The maximum atomic E-state index is 12.1. The second-order valence-corrected chi connectivity index (χ2v) is 5.71. The van der Waals surface area contributed by atoms with Gasteiger partial charge in [0.1, 0.15) is 5.60 Å². The van der Waals surface area contributed by atoms with Gasteiger partial charge in [-0.15, -0.1) is 0 Å². The Labute approximate surface area is 126 Å². The highest BCUT2D eigenvalue weighted by Crippen LogP contribution is 2.18. The molecule has 1 heterocycles. The van der Waals surface area contributed by atoms with Crippen LogP contribution >= 0.6 is 0 Å². The molecule has 0 saturated heterocycles. The topological polar surface area (TPSA) is 60.5 Å². The largest absolute Gasteiger partial charge is 0.468 e. The van der Waals surface area contributed by atoms with E-state index in [2.05, 4.69) is 15.0 Å². The number of ether oxygens (including phenoxy) is 2. The summed E-state index contributed by atoms with van der Waals surface area (Å²) in [5.41, 5.74) is 0.426. The Kier molecular flexibility index (Phi) is 5.62. The fourth-order valence-corrected chi connectivity index (χ4v) is 1.53. The number of nitrogens with one attached hydrogen (secondary N) is 1. The van der Waals surface area contributed by atoms with Crippen molar-refractivity contribution in [1.82, 2.24) is 10.3 Å². The number of hydrogen-bond donors (Lipinski definition) is 1. The summed E-state index contributed by atoms with van der Waals surface area (Å²) in [4.78, 5) is 15.4. The van der Waals surface area contributed by atoms with Crippen LogP contribution in [0, 0.1) is 6.92 Å². The van der Waals surface area contributed by atoms with Crippen LogP contribution in [0.1, 0.15) is 32.0 Å². The molecule has 0 aromatic carbocycles. The van der Waals surface area contributed by atoms with E-state index in [1.54, 1.807) is 33.8 Å². The van der Waals surface area contributed by atoms with Crippen LogP contribution < -0.4 is 10.1 Å². The highest BCUT2D eigenvalue weighted by Gasteiger charge is 2.28. The van der Waals surface area contributed by atoms with E-state index in [0.29, 0.717) is 11.3 Å². The smallest absolute Gasteiger partial charge is 0.422 e. The van der Waals surface area contributed by atoms with Crippen LogP contribution in [0.3, 0.4) is 0 Å². The highest BCUT2D eigenvalue weighted by molar-refractivity contribution is 5.67. The van der Waals surface area contributed by atoms with Gasteiger partial charge in [0.05, 0.1) is 0 Å². The second-order valence-electron chi connectivity index (χ2n) is 5.71. The van der Waals surface area contributed by atoms with Crippen molar-refractivity contribution < 1.29 is 27.4 Å². The summed E-state index contributed by atoms with van der Waals surface area (Å²) >= 11 is 0. The number of carbonyl (C=O) groups excluding carboxylic acids is 1. The van der Waals surface area contributed by atoms with E-state index in [4.69, 9.17) is 4.74 Å². The summed E-state index contributed by atoms with van der Waals surface area (Å²) in [6.45, 7) is 5.49. The Morgan fingerprint density at radius 3 is 2.45 bits per heavy atom. The predicted molar refractivity (Wildman–Crippen MR) is 73.6 cm³/mol. The van der Waals surface area contributed by atoms with E-state index >= 15 is 0 Å². The lowest BCUT2D eigenvalue weighted by molar-refractivity contribution is -0.154. The van der Waals surface area contributed by atoms with E-state index in [9.17, 15) is 18.0 Å². The van der Waals surface area contributed by atoms with E-state index in [-0.39, 0.29) is 12.4 Å². The Morgan fingerprint density at radius 2 is 1.91 bits per heavy atom. The average molecular weight is 320 g/mol. The van der Waals surface area contributed by atoms with Crippen LogP contribution in [0.2, 0.25) is 0 Å². The molecule has 8 heteroatoms. The van der Waals surface area contributed by atoms with Gasteiger partial charge in [0.25, 0.3) is 0 Å². The number of hydrogen-bond acceptors (Lipinski definition) is 4. The van der Waals surface area contributed by atoms with Crippen LogP contribution in [0.15, 0.2) is 12.1 Å². The molecule has 0 saturated carbocycles. The SMILES string of the molecule is Cc1cc(CNC(=O)OC(C)(C)C)cc(OCC(F)(F)F)n1. The number of aryl methyl sites for hydroxylation is 1. The van der Waals surface area contributed by atoms with Crippen molar-refractivity contribution in [2.24, 2.45) is 0 Å². The fourth-order valence-electron chi connectivity index (χ4n) is 1.53. The van der Waals surface area contributed by atoms with E-state index < -0.39 is 24.5 Å². The third kappa shape index (κ3) is 7.70. The molecule has 22 heavy (non-hydrogen) atoms. The molecule has 1 N–H and O–H groups in total. The van der Waals surface area contributed by atoms with Crippen molar-refractivity contribution in [3.05, 3.63) is 23.4 Å². The molecular formula is C14H19F3N2O3. The minimum Gasteiger partial charge on any atom is -0.468 e. The molecule has 0 bridgehead atoms. The number of carbonyl (C=O) groups is 1. The van der Waals surface area contributed by atoms with Gasteiger partial charge < -0.3 is 14.8 Å². The van der Waals surface area contributed by atoms with E-state index in [1.165, 1.54) is 6.07 Å². The van der Waals surface area contributed by atoms with Crippen LogP contribution in [0.5, 0.6) is 5.88 Å². The third-order valence-electron chi connectivity index (χ3n) is 2.21. The molecule has 0 fully saturated rings. The Morgan fingerprint density at radius 1 is 1.27 bits per heavy atom. The average Bonchev–Trinajstić information content (AvgIpc) is 2.30. The number of halogens is 3. The molecule has 5 nitrogen and oxygen atoms in total. The zero-order valence-corrected chi connectivity index (χ0v) is 12.9. The molecule has 0 aliphatic heterocycles. The van der Waals surface area contributed by atoms with Gasteiger partial charge in [-0.1, -0.05) is 0 Å². The van der Waals surface area contributed by atoms with Gasteiger partial charge in [0.15, 0.2) is 6.61 Å². The first-order valence-corrected chi connectivity index (χ1v) is 6.58. The maximum Gasteiger partial charge on any atom is 0.422 e. The normalized spacial score (nSPS) is 12.0. The van der Waals surface area contributed by atoms with Gasteiger partial charge >= 0.3 is 12.3 Å². The zero-order chi connectivity index (χ0) is 17.0.